The largest absolute Gasteiger partial charge is 0.396 e. The summed E-state index contributed by atoms with van der Waals surface area (Å²) in [6, 6.07) is 0. The smallest absolute Gasteiger partial charge is 0.211 e. The molecule has 0 aromatic rings. The summed E-state index contributed by atoms with van der Waals surface area (Å²) in [6.07, 6.45) is 4.63. The SMILES string of the molecule is O=S(=O)(CCCCO)NCC1CCC1. The van der Waals surface area contributed by atoms with Crippen molar-refractivity contribution < 1.29 is 13.5 Å². The quantitative estimate of drug-likeness (QED) is 0.614. The first-order valence-corrected chi connectivity index (χ1v) is 6.87. The van der Waals surface area contributed by atoms with Gasteiger partial charge in [-0.15, -0.1) is 0 Å². The van der Waals surface area contributed by atoms with Gasteiger partial charge in [0.2, 0.25) is 10.0 Å². The monoisotopic (exact) mass is 221 g/mol. The fourth-order valence-electron chi connectivity index (χ4n) is 1.42. The molecule has 0 aliphatic heterocycles. The van der Waals surface area contributed by atoms with Crippen molar-refractivity contribution in [3.05, 3.63) is 0 Å². The molecule has 0 radical (unpaired) electrons. The van der Waals surface area contributed by atoms with Crippen LogP contribution < -0.4 is 4.72 Å². The van der Waals surface area contributed by atoms with Crippen LogP contribution in [0.2, 0.25) is 0 Å². The summed E-state index contributed by atoms with van der Waals surface area (Å²) in [5.74, 6) is 0.697. The van der Waals surface area contributed by atoms with Gasteiger partial charge in [-0.05, 0) is 31.6 Å². The number of nitrogens with one attached hydrogen (secondary N) is 1. The van der Waals surface area contributed by atoms with Gasteiger partial charge >= 0.3 is 0 Å². The van der Waals surface area contributed by atoms with Crippen molar-refractivity contribution in [3.8, 4) is 0 Å². The zero-order valence-electron chi connectivity index (χ0n) is 8.41. The molecular formula is C9H19NO3S. The second kappa shape index (κ2) is 5.68. The molecule has 0 saturated heterocycles. The van der Waals surface area contributed by atoms with Crippen LogP contribution in [-0.4, -0.2) is 32.4 Å². The highest BCUT2D eigenvalue weighted by atomic mass is 32.2. The van der Waals surface area contributed by atoms with Crippen LogP contribution in [0.25, 0.3) is 0 Å². The predicted molar refractivity (Wildman–Crippen MR) is 55.5 cm³/mol. The third-order valence-corrected chi connectivity index (χ3v) is 4.07. The van der Waals surface area contributed by atoms with Gasteiger partial charge in [0.25, 0.3) is 0 Å². The highest BCUT2D eigenvalue weighted by molar-refractivity contribution is 7.89. The minimum Gasteiger partial charge on any atom is -0.396 e. The molecule has 0 aromatic heterocycles. The maximum atomic E-state index is 11.4. The van der Waals surface area contributed by atoms with Crippen molar-refractivity contribution in [2.24, 2.45) is 5.92 Å². The molecule has 0 unspecified atom stereocenters. The van der Waals surface area contributed by atoms with Gasteiger partial charge in [0.15, 0.2) is 0 Å². The zero-order chi connectivity index (χ0) is 10.4. The number of rotatable bonds is 7. The summed E-state index contributed by atoms with van der Waals surface area (Å²) in [5.41, 5.74) is 0. The molecule has 0 heterocycles. The minimum atomic E-state index is -3.09. The molecule has 0 amide bonds. The van der Waals surface area contributed by atoms with E-state index < -0.39 is 10.0 Å². The molecule has 1 aliphatic carbocycles. The number of aliphatic hydroxyl groups excluding tert-OH is 1. The van der Waals surface area contributed by atoms with E-state index in [4.69, 9.17) is 5.11 Å². The van der Waals surface area contributed by atoms with E-state index in [-0.39, 0.29) is 12.4 Å². The lowest BCUT2D eigenvalue weighted by Crippen LogP contribution is -2.33. The van der Waals surface area contributed by atoms with E-state index in [1.165, 1.54) is 6.42 Å². The Morgan fingerprint density at radius 2 is 2.00 bits per heavy atom. The molecular weight excluding hydrogens is 202 g/mol. The number of hydrogen-bond donors (Lipinski definition) is 2. The van der Waals surface area contributed by atoms with Gasteiger partial charge in [-0.2, -0.15) is 0 Å². The van der Waals surface area contributed by atoms with Crippen molar-refractivity contribution in [2.45, 2.75) is 32.1 Å². The summed E-state index contributed by atoms with van der Waals surface area (Å²) < 4.78 is 25.3. The van der Waals surface area contributed by atoms with Gasteiger partial charge in [0.1, 0.15) is 0 Å². The lowest BCUT2D eigenvalue weighted by Gasteiger charge is -2.25. The molecule has 14 heavy (non-hydrogen) atoms. The maximum absolute atomic E-state index is 11.4. The topological polar surface area (TPSA) is 66.4 Å². The Morgan fingerprint density at radius 3 is 2.50 bits per heavy atom. The van der Waals surface area contributed by atoms with Crippen molar-refractivity contribution in [1.29, 1.82) is 0 Å². The van der Waals surface area contributed by atoms with E-state index in [0.717, 1.165) is 12.8 Å². The molecule has 2 N–H and O–H groups in total. The Bertz CT molecular complexity index is 247. The second-order valence-electron chi connectivity index (χ2n) is 3.89. The standard InChI is InChI=1S/C9H19NO3S/c11-6-1-2-7-14(12,13)10-8-9-4-3-5-9/h9-11H,1-8H2. The van der Waals surface area contributed by atoms with Gasteiger partial charge < -0.3 is 5.11 Å². The Hall–Kier alpha value is -0.130. The highest BCUT2D eigenvalue weighted by Gasteiger charge is 2.19. The first kappa shape index (κ1) is 11.9. The normalized spacial score (nSPS) is 18.1. The second-order valence-corrected chi connectivity index (χ2v) is 5.82. The fraction of sp³-hybridized carbons (Fsp3) is 1.00. The molecule has 1 aliphatic rings. The van der Waals surface area contributed by atoms with Gasteiger partial charge in [-0.1, -0.05) is 6.42 Å². The average molecular weight is 221 g/mol. The number of sulfonamides is 1. The van der Waals surface area contributed by atoms with E-state index in [2.05, 4.69) is 4.72 Å². The molecule has 0 atom stereocenters. The summed E-state index contributed by atoms with van der Waals surface area (Å²) in [5, 5.41) is 8.51. The van der Waals surface area contributed by atoms with Gasteiger partial charge in [-0.3, -0.25) is 0 Å². The number of unbranched alkanes of at least 4 members (excludes halogenated alkanes) is 1. The minimum absolute atomic E-state index is 0.0676. The van der Waals surface area contributed by atoms with Gasteiger partial charge in [-0.25, -0.2) is 13.1 Å². The Kier molecular flexibility index (Phi) is 4.84. The van der Waals surface area contributed by atoms with Crippen LogP contribution in [0.4, 0.5) is 0 Å². The average Bonchev–Trinajstić information content (AvgIpc) is 2.01. The van der Waals surface area contributed by atoms with Crippen LogP contribution in [0.1, 0.15) is 32.1 Å². The van der Waals surface area contributed by atoms with E-state index in [1.54, 1.807) is 0 Å². The van der Waals surface area contributed by atoms with E-state index in [0.29, 0.717) is 25.3 Å². The van der Waals surface area contributed by atoms with Crippen molar-refractivity contribution >= 4 is 10.0 Å². The molecule has 4 nitrogen and oxygen atoms in total. The van der Waals surface area contributed by atoms with E-state index in [1.807, 2.05) is 0 Å². The third kappa shape index (κ3) is 4.39. The van der Waals surface area contributed by atoms with E-state index >= 15 is 0 Å². The van der Waals surface area contributed by atoms with Crippen LogP contribution in [0, 0.1) is 5.92 Å². The van der Waals surface area contributed by atoms with Crippen LogP contribution in [0.15, 0.2) is 0 Å². The summed E-state index contributed by atoms with van der Waals surface area (Å²) in [7, 11) is -3.09. The molecule has 1 rings (SSSR count). The van der Waals surface area contributed by atoms with Gasteiger partial charge in [0.05, 0.1) is 5.75 Å². The lowest BCUT2D eigenvalue weighted by molar-refractivity contribution is 0.287. The van der Waals surface area contributed by atoms with E-state index in [9.17, 15) is 8.42 Å². The highest BCUT2D eigenvalue weighted by Crippen LogP contribution is 2.25. The van der Waals surface area contributed by atoms with Crippen molar-refractivity contribution in [2.75, 3.05) is 18.9 Å². The Labute approximate surface area is 85.8 Å². The fourth-order valence-corrected chi connectivity index (χ4v) is 2.64. The number of hydrogen-bond acceptors (Lipinski definition) is 3. The third-order valence-electron chi connectivity index (χ3n) is 2.64. The van der Waals surface area contributed by atoms with Crippen LogP contribution in [0.5, 0.6) is 0 Å². The molecule has 5 heteroatoms. The molecule has 84 valence electrons. The Morgan fingerprint density at radius 1 is 1.29 bits per heavy atom. The first-order valence-electron chi connectivity index (χ1n) is 5.22. The van der Waals surface area contributed by atoms with Crippen LogP contribution in [0.3, 0.4) is 0 Å². The van der Waals surface area contributed by atoms with Gasteiger partial charge in [0, 0.05) is 13.2 Å². The molecule has 0 bridgehead atoms. The van der Waals surface area contributed by atoms with Crippen LogP contribution in [-0.2, 0) is 10.0 Å². The predicted octanol–water partition coefficient (Wildman–Crippen LogP) is 0.478. The molecule has 0 spiro atoms. The first-order chi connectivity index (χ1) is 6.64. The molecule has 1 fully saturated rings. The summed E-state index contributed by atoms with van der Waals surface area (Å²) >= 11 is 0. The lowest BCUT2D eigenvalue weighted by atomic mass is 9.86. The van der Waals surface area contributed by atoms with Crippen molar-refractivity contribution in [1.82, 2.24) is 4.72 Å². The summed E-state index contributed by atoms with van der Waals surface area (Å²) in [4.78, 5) is 0. The summed E-state index contributed by atoms with van der Waals surface area (Å²) in [6.45, 7) is 0.666. The zero-order valence-corrected chi connectivity index (χ0v) is 9.22. The molecule has 0 aromatic carbocycles. The maximum Gasteiger partial charge on any atom is 0.211 e. The Balaban J connectivity index is 2.12. The molecule has 1 saturated carbocycles. The van der Waals surface area contributed by atoms with Crippen molar-refractivity contribution in [3.63, 3.8) is 0 Å². The number of aliphatic hydroxyl groups is 1. The van der Waals surface area contributed by atoms with Crippen LogP contribution >= 0.6 is 0 Å².